The molecule has 1 aliphatic rings. The van der Waals surface area contributed by atoms with E-state index >= 15 is 0 Å². The minimum Gasteiger partial charge on any atom is -0.489 e. The highest BCUT2D eigenvalue weighted by Crippen LogP contribution is 2.33. The number of rotatable bonds is 3. The first-order valence-electron chi connectivity index (χ1n) is 6.02. The van der Waals surface area contributed by atoms with Gasteiger partial charge < -0.3 is 10.5 Å². The smallest absolute Gasteiger partial charge is 0.134 e. The summed E-state index contributed by atoms with van der Waals surface area (Å²) in [4.78, 5) is 0. The van der Waals surface area contributed by atoms with Crippen LogP contribution in [0.25, 0.3) is 0 Å². The molecule has 0 spiro atoms. The van der Waals surface area contributed by atoms with Gasteiger partial charge in [0.2, 0.25) is 0 Å². The molecule has 17 heavy (non-hydrogen) atoms. The number of nitrogens with two attached hydrogens (primary N) is 1. The summed E-state index contributed by atoms with van der Waals surface area (Å²) in [7, 11) is 0. The molecule has 0 saturated heterocycles. The van der Waals surface area contributed by atoms with Crippen molar-refractivity contribution in [1.82, 2.24) is 0 Å². The van der Waals surface area contributed by atoms with Crippen LogP contribution in [0.2, 0.25) is 5.02 Å². The average molecular weight is 319 g/mol. The molecular weight excluding hydrogens is 302 g/mol. The van der Waals surface area contributed by atoms with E-state index in [4.69, 9.17) is 22.1 Å². The summed E-state index contributed by atoms with van der Waals surface area (Å²) in [6.07, 6.45) is 5.00. The van der Waals surface area contributed by atoms with E-state index in [-0.39, 0.29) is 6.10 Å². The molecule has 2 rings (SSSR count). The summed E-state index contributed by atoms with van der Waals surface area (Å²) in [6, 6.07) is 5.62. The maximum atomic E-state index is 6.06. The molecule has 94 valence electrons. The standard InChI is InChI=1S/C13H17BrClNO/c14-11-7-10(15)5-6-13(11)17-12-4-2-1-3-9(12)8-16/h5-7,9,12H,1-4,8,16H2. The first-order chi connectivity index (χ1) is 8.20. The van der Waals surface area contributed by atoms with Gasteiger partial charge in [-0.05, 0) is 59.9 Å². The van der Waals surface area contributed by atoms with E-state index in [1.807, 2.05) is 18.2 Å². The number of ether oxygens (including phenoxy) is 1. The predicted molar refractivity (Wildman–Crippen MR) is 74.6 cm³/mol. The molecule has 2 unspecified atom stereocenters. The topological polar surface area (TPSA) is 35.2 Å². The third-order valence-electron chi connectivity index (χ3n) is 3.31. The molecule has 0 radical (unpaired) electrons. The van der Waals surface area contributed by atoms with Crippen molar-refractivity contribution in [1.29, 1.82) is 0 Å². The van der Waals surface area contributed by atoms with Gasteiger partial charge in [0.25, 0.3) is 0 Å². The molecule has 1 aromatic rings. The van der Waals surface area contributed by atoms with Crippen molar-refractivity contribution >= 4 is 27.5 Å². The van der Waals surface area contributed by atoms with Crippen molar-refractivity contribution in [3.8, 4) is 5.75 Å². The Morgan fingerprint density at radius 2 is 2.12 bits per heavy atom. The minimum atomic E-state index is 0.242. The normalized spacial score (nSPS) is 24.6. The van der Waals surface area contributed by atoms with Crippen LogP contribution in [0.5, 0.6) is 5.75 Å². The van der Waals surface area contributed by atoms with Gasteiger partial charge in [0.05, 0.1) is 4.47 Å². The Balaban J connectivity index is 2.08. The maximum absolute atomic E-state index is 6.06. The van der Waals surface area contributed by atoms with Gasteiger partial charge in [0, 0.05) is 10.9 Å². The average Bonchev–Trinajstić information content (AvgIpc) is 2.33. The summed E-state index contributed by atoms with van der Waals surface area (Å²) in [5.74, 6) is 1.34. The van der Waals surface area contributed by atoms with Gasteiger partial charge in [-0.3, -0.25) is 0 Å². The second kappa shape index (κ2) is 6.07. The summed E-state index contributed by atoms with van der Waals surface area (Å²) in [5, 5.41) is 0.711. The van der Waals surface area contributed by atoms with Gasteiger partial charge >= 0.3 is 0 Å². The first kappa shape index (κ1) is 13.2. The van der Waals surface area contributed by atoms with Crippen LogP contribution in [-0.4, -0.2) is 12.6 Å². The molecule has 0 bridgehead atoms. The lowest BCUT2D eigenvalue weighted by atomic mass is 9.86. The van der Waals surface area contributed by atoms with Gasteiger partial charge in [-0.25, -0.2) is 0 Å². The summed E-state index contributed by atoms with van der Waals surface area (Å²) in [6.45, 7) is 0.704. The van der Waals surface area contributed by atoms with Crippen LogP contribution in [0.3, 0.4) is 0 Å². The van der Waals surface area contributed by atoms with Gasteiger partial charge in [-0.15, -0.1) is 0 Å². The molecule has 0 amide bonds. The molecule has 1 aliphatic carbocycles. The van der Waals surface area contributed by atoms with Gasteiger partial charge in [-0.1, -0.05) is 18.0 Å². The zero-order valence-electron chi connectivity index (χ0n) is 9.66. The second-order valence-corrected chi connectivity index (χ2v) is 5.80. The van der Waals surface area contributed by atoms with E-state index in [0.29, 0.717) is 17.5 Å². The summed E-state index contributed by atoms with van der Waals surface area (Å²) >= 11 is 9.39. The lowest BCUT2D eigenvalue weighted by Crippen LogP contribution is -2.35. The van der Waals surface area contributed by atoms with Crippen LogP contribution in [0.15, 0.2) is 22.7 Å². The number of hydrogen-bond donors (Lipinski definition) is 1. The van der Waals surface area contributed by atoms with Crippen molar-refractivity contribution in [2.24, 2.45) is 11.7 Å². The molecule has 0 aliphatic heterocycles. The highest BCUT2D eigenvalue weighted by molar-refractivity contribution is 9.10. The Hall–Kier alpha value is -0.250. The van der Waals surface area contributed by atoms with E-state index in [2.05, 4.69) is 15.9 Å². The van der Waals surface area contributed by atoms with Crippen molar-refractivity contribution in [3.05, 3.63) is 27.7 Å². The fraction of sp³-hybridized carbons (Fsp3) is 0.538. The molecule has 4 heteroatoms. The molecule has 2 nitrogen and oxygen atoms in total. The molecular formula is C13H17BrClNO. The first-order valence-corrected chi connectivity index (χ1v) is 7.19. The van der Waals surface area contributed by atoms with Crippen LogP contribution in [0.1, 0.15) is 25.7 Å². The second-order valence-electron chi connectivity index (χ2n) is 4.51. The Bertz CT molecular complexity index is 386. The lowest BCUT2D eigenvalue weighted by Gasteiger charge is -2.31. The zero-order valence-corrected chi connectivity index (χ0v) is 12.0. The van der Waals surface area contributed by atoms with Crippen LogP contribution >= 0.6 is 27.5 Å². The molecule has 1 fully saturated rings. The van der Waals surface area contributed by atoms with Crippen molar-refractivity contribution in [3.63, 3.8) is 0 Å². The molecule has 1 saturated carbocycles. The monoisotopic (exact) mass is 317 g/mol. The van der Waals surface area contributed by atoms with E-state index in [0.717, 1.165) is 16.6 Å². The highest BCUT2D eigenvalue weighted by Gasteiger charge is 2.26. The lowest BCUT2D eigenvalue weighted by molar-refractivity contribution is 0.0962. The van der Waals surface area contributed by atoms with Crippen molar-refractivity contribution in [2.75, 3.05) is 6.54 Å². The SMILES string of the molecule is NCC1CCCCC1Oc1ccc(Cl)cc1Br. The summed E-state index contributed by atoms with van der Waals surface area (Å²) in [5.41, 5.74) is 5.80. The molecule has 1 aromatic carbocycles. The number of benzene rings is 1. The van der Waals surface area contributed by atoms with E-state index in [1.54, 1.807) is 0 Å². The Kier molecular flexibility index (Phi) is 4.71. The number of halogens is 2. The zero-order chi connectivity index (χ0) is 12.3. The van der Waals surface area contributed by atoms with Crippen LogP contribution in [-0.2, 0) is 0 Å². The van der Waals surface area contributed by atoms with Crippen molar-refractivity contribution < 1.29 is 4.74 Å². The fourth-order valence-electron chi connectivity index (χ4n) is 2.33. The van der Waals surface area contributed by atoms with E-state index in [9.17, 15) is 0 Å². The Morgan fingerprint density at radius 3 is 2.82 bits per heavy atom. The van der Waals surface area contributed by atoms with Crippen LogP contribution in [0.4, 0.5) is 0 Å². The third-order valence-corrected chi connectivity index (χ3v) is 4.17. The van der Waals surface area contributed by atoms with Gasteiger partial charge in [0.15, 0.2) is 0 Å². The molecule has 0 aromatic heterocycles. The Morgan fingerprint density at radius 1 is 1.35 bits per heavy atom. The molecule has 2 atom stereocenters. The third kappa shape index (κ3) is 3.36. The van der Waals surface area contributed by atoms with E-state index in [1.165, 1.54) is 19.3 Å². The van der Waals surface area contributed by atoms with Crippen molar-refractivity contribution in [2.45, 2.75) is 31.8 Å². The minimum absolute atomic E-state index is 0.242. The van der Waals surface area contributed by atoms with Crippen LogP contribution < -0.4 is 10.5 Å². The summed E-state index contributed by atoms with van der Waals surface area (Å²) < 4.78 is 6.97. The van der Waals surface area contributed by atoms with Crippen LogP contribution in [0, 0.1) is 5.92 Å². The van der Waals surface area contributed by atoms with Gasteiger partial charge in [-0.2, -0.15) is 0 Å². The fourth-order valence-corrected chi connectivity index (χ4v) is 3.11. The molecule has 0 heterocycles. The predicted octanol–water partition coefficient (Wildman–Crippen LogP) is 4.00. The number of hydrogen-bond acceptors (Lipinski definition) is 2. The van der Waals surface area contributed by atoms with E-state index < -0.39 is 0 Å². The van der Waals surface area contributed by atoms with Gasteiger partial charge in [0.1, 0.15) is 11.9 Å². The highest BCUT2D eigenvalue weighted by atomic mass is 79.9. The molecule has 2 N–H and O–H groups in total. The Labute approximate surface area is 116 Å². The quantitative estimate of drug-likeness (QED) is 0.914. The maximum Gasteiger partial charge on any atom is 0.134 e. The largest absolute Gasteiger partial charge is 0.489 e.